The molecule has 0 bridgehead atoms. The molecule has 4 heteroatoms. The van der Waals surface area contributed by atoms with E-state index in [2.05, 4.69) is 16.9 Å². The van der Waals surface area contributed by atoms with Crippen molar-refractivity contribution in [2.45, 2.75) is 33.6 Å². The number of aryl methyl sites for hydroxylation is 2. The van der Waals surface area contributed by atoms with Crippen molar-refractivity contribution in [3.8, 4) is 17.0 Å². The second-order valence-corrected chi connectivity index (χ2v) is 4.92. The first kappa shape index (κ1) is 14.3. The van der Waals surface area contributed by atoms with Crippen molar-refractivity contribution in [3.05, 3.63) is 45.5 Å². The molecule has 4 nitrogen and oxygen atoms in total. The number of nitrogens with one attached hydrogen (secondary N) is 1. The molecule has 0 atom stereocenters. The van der Waals surface area contributed by atoms with Gasteiger partial charge in [-0.15, -0.1) is 0 Å². The molecule has 2 rings (SSSR count). The van der Waals surface area contributed by atoms with Crippen LogP contribution in [0.5, 0.6) is 5.75 Å². The van der Waals surface area contributed by atoms with Gasteiger partial charge in [0.05, 0.1) is 12.8 Å². The zero-order valence-corrected chi connectivity index (χ0v) is 12.4. The molecule has 0 saturated carbocycles. The Labute approximate surface area is 118 Å². The predicted molar refractivity (Wildman–Crippen MR) is 80.3 cm³/mol. The lowest BCUT2D eigenvalue weighted by molar-refractivity contribution is 0.413. The van der Waals surface area contributed by atoms with Crippen LogP contribution in [0.25, 0.3) is 11.3 Å². The minimum absolute atomic E-state index is 0.126. The summed E-state index contributed by atoms with van der Waals surface area (Å²) < 4.78 is 5.50. The average molecular weight is 272 g/mol. The van der Waals surface area contributed by atoms with Crippen LogP contribution in [0.2, 0.25) is 0 Å². The fourth-order valence-electron chi connectivity index (χ4n) is 2.26. The van der Waals surface area contributed by atoms with E-state index in [1.54, 1.807) is 7.11 Å². The number of benzene rings is 1. The van der Waals surface area contributed by atoms with Gasteiger partial charge in [-0.1, -0.05) is 13.0 Å². The van der Waals surface area contributed by atoms with Crippen molar-refractivity contribution in [2.75, 3.05) is 7.11 Å². The van der Waals surface area contributed by atoms with E-state index in [0.717, 1.165) is 41.1 Å². The maximum absolute atomic E-state index is 11.8. The number of aromatic nitrogens is 2. The maximum atomic E-state index is 11.8. The van der Waals surface area contributed by atoms with Crippen LogP contribution in [-0.4, -0.2) is 17.1 Å². The monoisotopic (exact) mass is 272 g/mol. The minimum Gasteiger partial charge on any atom is -0.496 e. The van der Waals surface area contributed by atoms with Gasteiger partial charge in [0, 0.05) is 18.1 Å². The molecule has 0 saturated heterocycles. The van der Waals surface area contributed by atoms with Gasteiger partial charge in [-0.3, -0.25) is 4.79 Å². The molecule has 106 valence electrons. The summed E-state index contributed by atoms with van der Waals surface area (Å²) in [5.41, 5.74) is 3.63. The summed E-state index contributed by atoms with van der Waals surface area (Å²) in [6.07, 6.45) is 1.70. The van der Waals surface area contributed by atoms with Crippen LogP contribution >= 0.6 is 0 Å². The summed E-state index contributed by atoms with van der Waals surface area (Å²) in [6.45, 7) is 6.11. The second kappa shape index (κ2) is 5.90. The Balaban J connectivity index is 2.62. The van der Waals surface area contributed by atoms with Gasteiger partial charge in [0.15, 0.2) is 0 Å². The molecule has 20 heavy (non-hydrogen) atoms. The zero-order chi connectivity index (χ0) is 14.7. The molecule has 0 aliphatic rings. The zero-order valence-electron chi connectivity index (χ0n) is 12.4. The lowest BCUT2D eigenvalue weighted by Gasteiger charge is -2.13. The lowest BCUT2D eigenvalue weighted by atomic mass is 10.0. The quantitative estimate of drug-likeness (QED) is 0.930. The number of hydrogen-bond acceptors (Lipinski definition) is 3. The van der Waals surface area contributed by atoms with Gasteiger partial charge in [0.1, 0.15) is 11.6 Å². The first-order valence-electron chi connectivity index (χ1n) is 6.81. The molecule has 0 aliphatic carbocycles. The molecule has 0 fully saturated rings. The van der Waals surface area contributed by atoms with Gasteiger partial charge in [-0.25, -0.2) is 4.98 Å². The van der Waals surface area contributed by atoms with Gasteiger partial charge in [-0.2, -0.15) is 0 Å². The standard InChI is InChI=1S/C16H20N2O2/c1-5-6-14-17-13(9-15(19)18-14)12-8-7-10(2)11(3)16(12)20-4/h7-9H,5-6H2,1-4H3,(H,17,18,19). The number of H-pyrrole nitrogens is 1. The Morgan fingerprint density at radius 1 is 1.30 bits per heavy atom. The number of rotatable bonds is 4. The summed E-state index contributed by atoms with van der Waals surface area (Å²) in [7, 11) is 1.64. The Hall–Kier alpha value is -2.10. The van der Waals surface area contributed by atoms with E-state index < -0.39 is 0 Å². The Morgan fingerprint density at radius 2 is 2.05 bits per heavy atom. The number of methoxy groups -OCH3 is 1. The van der Waals surface area contributed by atoms with Crippen LogP contribution < -0.4 is 10.3 Å². The van der Waals surface area contributed by atoms with E-state index >= 15 is 0 Å². The summed E-state index contributed by atoms with van der Waals surface area (Å²) in [4.78, 5) is 19.1. The van der Waals surface area contributed by atoms with Gasteiger partial charge in [0.2, 0.25) is 0 Å². The first-order valence-corrected chi connectivity index (χ1v) is 6.81. The van der Waals surface area contributed by atoms with Gasteiger partial charge < -0.3 is 9.72 Å². The molecule has 1 aromatic heterocycles. The van der Waals surface area contributed by atoms with E-state index in [1.165, 1.54) is 6.07 Å². The van der Waals surface area contributed by atoms with E-state index in [-0.39, 0.29) is 5.56 Å². The number of hydrogen-bond donors (Lipinski definition) is 1. The first-order chi connectivity index (χ1) is 9.56. The Morgan fingerprint density at radius 3 is 2.70 bits per heavy atom. The van der Waals surface area contributed by atoms with Crippen molar-refractivity contribution in [3.63, 3.8) is 0 Å². The lowest BCUT2D eigenvalue weighted by Crippen LogP contribution is -2.11. The van der Waals surface area contributed by atoms with Crippen LogP contribution in [0.4, 0.5) is 0 Å². The maximum Gasteiger partial charge on any atom is 0.251 e. The Bertz CT molecular complexity index is 675. The summed E-state index contributed by atoms with van der Waals surface area (Å²) in [5, 5.41) is 0. The second-order valence-electron chi connectivity index (χ2n) is 4.92. The minimum atomic E-state index is -0.126. The SMILES string of the molecule is CCCc1nc(-c2ccc(C)c(C)c2OC)cc(=O)[nH]1. The molecule has 0 aliphatic heterocycles. The van der Waals surface area contributed by atoms with E-state index in [9.17, 15) is 4.79 Å². The van der Waals surface area contributed by atoms with Crippen molar-refractivity contribution in [2.24, 2.45) is 0 Å². The van der Waals surface area contributed by atoms with Crippen LogP contribution in [0.3, 0.4) is 0 Å². The molecule has 0 amide bonds. The molecule has 0 unspecified atom stereocenters. The number of ether oxygens (including phenoxy) is 1. The van der Waals surface area contributed by atoms with E-state index in [0.29, 0.717) is 5.69 Å². The molecule has 1 N–H and O–H groups in total. The molecule has 1 aromatic carbocycles. The van der Waals surface area contributed by atoms with Crippen LogP contribution in [-0.2, 0) is 6.42 Å². The third-order valence-corrected chi connectivity index (χ3v) is 3.43. The van der Waals surface area contributed by atoms with Gasteiger partial charge in [-0.05, 0) is 37.5 Å². The fourth-order valence-corrected chi connectivity index (χ4v) is 2.26. The van der Waals surface area contributed by atoms with Crippen molar-refractivity contribution < 1.29 is 4.74 Å². The predicted octanol–water partition coefficient (Wildman–Crippen LogP) is 3.01. The topological polar surface area (TPSA) is 55.0 Å². The van der Waals surface area contributed by atoms with Crippen molar-refractivity contribution >= 4 is 0 Å². The molecular formula is C16H20N2O2. The molecule has 0 spiro atoms. The smallest absolute Gasteiger partial charge is 0.251 e. The third-order valence-electron chi connectivity index (χ3n) is 3.43. The highest BCUT2D eigenvalue weighted by Crippen LogP contribution is 2.32. The van der Waals surface area contributed by atoms with Gasteiger partial charge >= 0.3 is 0 Å². The van der Waals surface area contributed by atoms with Gasteiger partial charge in [0.25, 0.3) is 5.56 Å². The summed E-state index contributed by atoms with van der Waals surface area (Å²) in [5.74, 6) is 1.50. The average Bonchev–Trinajstić information content (AvgIpc) is 2.41. The van der Waals surface area contributed by atoms with Crippen LogP contribution in [0.1, 0.15) is 30.3 Å². The fraction of sp³-hybridized carbons (Fsp3) is 0.375. The van der Waals surface area contributed by atoms with Crippen LogP contribution in [0.15, 0.2) is 23.0 Å². The molecule has 0 radical (unpaired) electrons. The van der Waals surface area contributed by atoms with E-state index in [1.807, 2.05) is 26.0 Å². The number of aromatic amines is 1. The summed E-state index contributed by atoms with van der Waals surface area (Å²) in [6, 6.07) is 5.50. The summed E-state index contributed by atoms with van der Waals surface area (Å²) >= 11 is 0. The van der Waals surface area contributed by atoms with E-state index in [4.69, 9.17) is 4.74 Å². The molecule has 2 aromatic rings. The van der Waals surface area contributed by atoms with Crippen LogP contribution in [0, 0.1) is 13.8 Å². The molecular weight excluding hydrogens is 252 g/mol. The normalized spacial score (nSPS) is 10.6. The van der Waals surface area contributed by atoms with Crippen molar-refractivity contribution in [1.29, 1.82) is 0 Å². The highest BCUT2D eigenvalue weighted by molar-refractivity contribution is 5.70. The highest BCUT2D eigenvalue weighted by Gasteiger charge is 2.13. The Kier molecular flexibility index (Phi) is 4.23. The van der Waals surface area contributed by atoms with Crippen molar-refractivity contribution in [1.82, 2.24) is 9.97 Å². The largest absolute Gasteiger partial charge is 0.496 e. The number of nitrogens with zero attached hydrogens (tertiary/aromatic N) is 1. The third kappa shape index (κ3) is 2.74. The highest BCUT2D eigenvalue weighted by atomic mass is 16.5. The molecule has 1 heterocycles.